The zero-order valence-corrected chi connectivity index (χ0v) is 15.1. The molecule has 1 aliphatic rings. The molecule has 1 aromatic heterocycles. The third-order valence-electron chi connectivity index (χ3n) is 4.77. The van der Waals surface area contributed by atoms with E-state index in [1.807, 2.05) is 6.07 Å². The summed E-state index contributed by atoms with van der Waals surface area (Å²) in [5, 5.41) is 1.18. The number of hydrogen-bond acceptors (Lipinski definition) is 3. The van der Waals surface area contributed by atoms with Crippen molar-refractivity contribution in [3.8, 4) is 11.3 Å². The molecule has 0 atom stereocenters. The highest BCUT2D eigenvalue weighted by Gasteiger charge is 2.16. The van der Waals surface area contributed by atoms with Gasteiger partial charge in [-0.1, -0.05) is 30.3 Å². The average Bonchev–Trinajstić information content (AvgIpc) is 2.67. The van der Waals surface area contributed by atoms with Crippen molar-refractivity contribution in [2.75, 3.05) is 31.2 Å². The van der Waals surface area contributed by atoms with Gasteiger partial charge in [-0.2, -0.15) is 0 Å². The Morgan fingerprint density at radius 2 is 1.88 bits per heavy atom. The van der Waals surface area contributed by atoms with Gasteiger partial charge in [0.15, 0.2) is 0 Å². The van der Waals surface area contributed by atoms with Crippen molar-refractivity contribution in [1.82, 2.24) is 4.98 Å². The van der Waals surface area contributed by atoms with Crippen molar-refractivity contribution >= 4 is 28.2 Å². The molecule has 0 bridgehead atoms. The van der Waals surface area contributed by atoms with E-state index < -0.39 is 0 Å². The van der Waals surface area contributed by atoms with Crippen molar-refractivity contribution in [2.24, 2.45) is 0 Å². The van der Waals surface area contributed by atoms with Crippen LogP contribution in [0.2, 0.25) is 0 Å². The summed E-state index contributed by atoms with van der Waals surface area (Å²) in [6.07, 6.45) is 0. The van der Waals surface area contributed by atoms with Crippen molar-refractivity contribution in [1.29, 1.82) is 0 Å². The van der Waals surface area contributed by atoms with Crippen LogP contribution in [-0.2, 0) is 10.6 Å². The third kappa shape index (κ3) is 3.22. The first-order chi connectivity index (χ1) is 12.3. The highest BCUT2D eigenvalue weighted by Crippen LogP contribution is 2.31. The van der Waals surface area contributed by atoms with E-state index in [-0.39, 0.29) is 0 Å². The second-order valence-electron chi connectivity index (χ2n) is 6.42. The zero-order valence-electron chi connectivity index (χ0n) is 14.3. The minimum Gasteiger partial charge on any atom is -0.378 e. The second-order valence-corrected chi connectivity index (χ2v) is 6.69. The number of ether oxygens (including phenoxy) is 1. The number of morpholine rings is 1. The summed E-state index contributed by atoms with van der Waals surface area (Å²) in [5.41, 5.74) is 6.74. The first-order valence-electron chi connectivity index (χ1n) is 8.64. The molecule has 0 spiro atoms. The van der Waals surface area contributed by atoms with Gasteiger partial charge in [-0.15, -0.1) is 11.6 Å². The summed E-state index contributed by atoms with van der Waals surface area (Å²) >= 11 is 6.19. The standard InChI is InChI=1S/C21H21ClN2O/c1-15-12-16-4-2-3-5-19(16)23-21(15)17-6-7-18(14-22)20(13-17)24-8-10-25-11-9-24/h2-7,12-13H,8-11,14H2,1H3. The van der Waals surface area contributed by atoms with E-state index in [2.05, 4.69) is 54.3 Å². The fourth-order valence-electron chi connectivity index (χ4n) is 3.44. The molecule has 3 aromatic rings. The van der Waals surface area contributed by atoms with Gasteiger partial charge < -0.3 is 9.64 Å². The van der Waals surface area contributed by atoms with Gasteiger partial charge in [0.2, 0.25) is 0 Å². The number of nitrogens with zero attached hydrogens (tertiary/aromatic N) is 2. The van der Waals surface area contributed by atoms with Crippen LogP contribution in [0.4, 0.5) is 5.69 Å². The van der Waals surface area contributed by atoms with Crippen LogP contribution >= 0.6 is 11.6 Å². The summed E-state index contributed by atoms with van der Waals surface area (Å²) in [4.78, 5) is 7.27. The normalized spacial score (nSPS) is 14.9. The number of anilines is 1. The van der Waals surface area contributed by atoms with Crippen molar-refractivity contribution in [3.05, 3.63) is 59.7 Å². The van der Waals surface area contributed by atoms with E-state index >= 15 is 0 Å². The first kappa shape index (κ1) is 16.4. The van der Waals surface area contributed by atoms with Crippen LogP contribution in [0.15, 0.2) is 48.5 Å². The molecule has 0 N–H and O–H groups in total. The Kier molecular flexibility index (Phi) is 4.60. The van der Waals surface area contributed by atoms with E-state index in [1.54, 1.807) is 0 Å². The van der Waals surface area contributed by atoms with E-state index in [1.165, 1.54) is 16.6 Å². The molecule has 0 saturated carbocycles. The highest BCUT2D eigenvalue weighted by molar-refractivity contribution is 6.17. The topological polar surface area (TPSA) is 25.4 Å². The smallest absolute Gasteiger partial charge is 0.0739 e. The van der Waals surface area contributed by atoms with Crippen molar-refractivity contribution in [3.63, 3.8) is 0 Å². The molecule has 0 amide bonds. The Morgan fingerprint density at radius 1 is 1.08 bits per heavy atom. The van der Waals surface area contributed by atoms with Crippen molar-refractivity contribution in [2.45, 2.75) is 12.8 Å². The van der Waals surface area contributed by atoms with Gasteiger partial charge in [0, 0.05) is 35.6 Å². The highest BCUT2D eigenvalue weighted by atomic mass is 35.5. The van der Waals surface area contributed by atoms with Crippen LogP contribution < -0.4 is 4.90 Å². The number of para-hydroxylation sites is 1. The molecular weight excluding hydrogens is 332 g/mol. The molecule has 1 saturated heterocycles. The van der Waals surface area contributed by atoms with E-state index in [9.17, 15) is 0 Å². The molecule has 2 aromatic carbocycles. The number of rotatable bonds is 3. The molecule has 0 aliphatic carbocycles. The number of halogens is 1. The number of benzene rings is 2. The quantitative estimate of drug-likeness (QED) is 0.634. The Hall–Kier alpha value is -2.10. The molecule has 2 heterocycles. The lowest BCUT2D eigenvalue weighted by molar-refractivity contribution is 0.122. The fourth-order valence-corrected chi connectivity index (χ4v) is 3.66. The number of hydrogen-bond donors (Lipinski definition) is 0. The maximum absolute atomic E-state index is 6.19. The van der Waals surface area contributed by atoms with Crippen LogP contribution in [-0.4, -0.2) is 31.3 Å². The summed E-state index contributed by atoms with van der Waals surface area (Å²) in [5.74, 6) is 0.511. The maximum atomic E-state index is 6.19. The molecular formula is C21H21ClN2O. The summed E-state index contributed by atoms with van der Waals surface area (Å²) in [7, 11) is 0. The Bertz CT molecular complexity index is 904. The lowest BCUT2D eigenvalue weighted by atomic mass is 10.0. The Labute approximate surface area is 153 Å². The van der Waals surface area contributed by atoms with Crippen LogP contribution in [0.3, 0.4) is 0 Å². The van der Waals surface area contributed by atoms with Crippen LogP contribution in [0, 0.1) is 6.92 Å². The van der Waals surface area contributed by atoms with Crippen LogP contribution in [0.1, 0.15) is 11.1 Å². The van der Waals surface area contributed by atoms with Gasteiger partial charge in [0.05, 0.1) is 24.4 Å². The molecule has 25 heavy (non-hydrogen) atoms. The first-order valence-corrected chi connectivity index (χ1v) is 9.18. The molecule has 3 nitrogen and oxygen atoms in total. The van der Waals surface area contributed by atoms with E-state index in [4.69, 9.17) is 21.3 Å². The maximum Gasteiger partial charge on any atom is 0.0739 e. The molecule has 1 aliphatic heterocycles. The number of aryl methyl sites for hydroxylation is 1. The predicted molar refractivity (Wildman–Crippen MR) is 105 cm³/mol. The monoisotopic (exact) mass is 352 g/mol. The third-order valence-corrected chi connectivity index (χ3v) is 5.06. The van der Waals surface area contributed by atoms with E-state index in [0.717, 1.165) is 48.6 Å². The van der Waals surface area contributed by atoms with Crippen molar-refractivity contribution < 1.29 is 4.74 Å². The molecule has 0 radical (unpaired) electrons. The number of fused-ring (bicyclic) bond motifs is 1. The summed E-state index contributed by atoms with van der Waals surface area (Å²) < 4.78 is 5.49. The van der Waals surface area contributed by atoms with Gasteiger partial charge in [-0.25, -0.2) is 4.98 Å². The Balaban J connectivity index is 1.81. The largest absolute Gasteiger partial charge is 0.378 e. The molecule has 1 fully saturated rings. The van der Waals surface area contributed by atoms with E-state index in [0.29, 0.717) is 5.88 Å². The molecule has 4 rings (SSSR count). The number of pyridine rings is 1. The SMILES string of the molecule is Cc1cc2ccccc2nc1-c1ccc(CCl)c(N2CCOCC2)c1. The number of aromatic nitrogens is 1. The minimum atomic E-state index is 0.511. The van der Waals surface area contributed by atoms with Gasteiger partial charge in [0.25, 0.3) is 0 Å². The lowest BCUT2D eigenvalue weighted by Crippen LogP contribution is -2.36. The zero-order chi connectivity index (χ0) is 17.2. The average molecular weight is 353 g/mol. The minimum absolute atomic E-state index is 0.511. The van der Waals surface area contributed by atoms with Crippen LogP contribution in [0.5, 0.6) is 0 Å². The molecule has 128 valence electrons. The fraction of sp³-hybridized carbons (Fsp3) is 0.286. The van der Waals surface area contributed by atoms with Gasteiger partial charge in [0.1, 0.15) is 0 Å². The molecule has 4 heteroatoms. The lowest BCUT2D eigenvalue weighted by Gasteiger charge is -2.30. The predicted octanol–water partition coefficient (Wildman–Crippen LogP) is 4.79. The van der Waals surface area contributed by atoms with Crippen LogP contribution in [0.25, 0.3) is 22.2 Å². The number of alkyl halides is 1. The molecule has 0 unspecified atom stereocenters. The van der Waals surface area contributed by atoms with Gasteiger partial charge in [-0.05, 0) is 36.2 Å². The summed E-state index contributed by atoms with van der Waals surface area (Å²) in [6.45, 7) is 5.45. The Morgan fingerprint density at radius 3 is 2.68 bits per heavy atom. The second kappa shape index (κ2) is 7.03. The van der Waals surface area contributed by atoms with Gasteiger partial charge >= 0.3 is 0 Å². The van der Waals surface area contributed by atoms with Gasteiger partial charge in [-0.3, -0.25) is 0 Å². The summed E-state index contributed by atoms with van der Waals surface area (Å²) in [6, 6.07) is 17.0.